The van der Waals surface area contributed by atoms with Gasteiger partial charge < -0.3 is 10.1 Å². The van der Waals surface area contributed by atoms with Crippen LogP contribution in [0.5, 0.6) is 0 Å². The van der Waals surface area contributed by atoms with Gasteiger partial charge in [-0.25, -0.2) is 0 Å². The number of hydrogen-bond acceptors (Lipinski definition) is 3. The van der Waals surface area contributed by atoms with Crippen molar-refractivity contribution in [3.63, 3.8) is 0 Å². The van der Waals surface area contributed by atoms with Crippen LogP contribution in [0.2, 0.25) is 0 Å². The van der Waals surface area contributed by atoms with Crippen molar-refractivity contribution in [2.24, 2.45) is 0 Å². The molecule has 2 unspecified atom stereocenters. The van der Waals surface area contributed by atoms with Gasteiger partial charge in [0.25, 0.3) is 0 Å². The van der Waals surface area contributed by atoms with Crippen LogP contribution in [0.4, 0.5) is 0 Å². The maximum atomic E-state index is 9.08. The molecular weight excluding hydrogens is 188 g/mol. The van der Waals surface area contributed by atoms with E-state index >= 15 is 0 Å². The molecule has 0 aromatic heterocycles. The quantitative estimate of drug-likeness (QED) is 0.684. The molecule has 0 saturated heterocycles. The zero-order valence-electron chi connectivity index (χ0n) is 9.88. The average molecular weight is 210 g/mol. The van der Waals surface area contributed by atoms with E-state index in [1.54, 1.807) is 0 Å². The highest BCUT2D eigenvalue weighted by Gasteiger charge is 2.38. The lowest BCUT2D eigenvalue weighted by atomic mass is 10.0. The number of hydrogen-bond donors (Lipinski definition) is 1. The first-order valence-electron chi connectivity index (χ1n) is 5.98. The predicted octanol–water partition coefficient (Wildman–Crippen LogP) is 2.23. The first-order valence-corrected chi connectivity index (χ1v) is 5.98. The van der Waals surface area contributed by atoms with E-state index in [2.05, 4.69) is 18.3 Å². The van der Waals surface area contributed by atoms with Gasteiger partial charge in [-0.1, -0.05) is 19.8 Å². The predicted molar refractivity (Wildman–Crippen MR) is 60.5 cm³/mol. The normalized spacial score (nSPS) is 30.3. The van der Waals surface area contributed by atoms with Crippen LogP contribution in [0.1, 0.15) is 45.4 Å². The zero-order valence-corrected chi connectivity index (χ0v) is 9.88. The van der Waals surface area contributed by atoms with Crippen molar-refractivity contribution in [1.82, 2.24) is 5.32 Å². The Labute approximate surface area is 92.8 Å². The monoisotopic (exact) mass is 210 g/mol. The highest BCUT2D eigenvalue weighted by molar-refractivity contribution is 5.11. The van der Waals surface area contributed by atoms with Crippen molar-refractivity contribution in [3.05, 3.63) is 0 Å². The molecule has 0 aromatic carbocycles. The zero-order chi connectivity index (χ0) is 11.1. The smallest absolute Gasteiger partial charge is 0.109 e. The standard InChI is InChI=1S/C12H22N2O/c1-3-4-5-8-15-11-6-7-12(9-11,10-13)14-2/h11,14H,3-9H2,1-2H3. The van der Waals surface area contributed by atoms with E-state index in [-0.39, 0.29) is 11.6 Å². The molecule has 0 radical (unpaired) electrons. The molecular formula is C12H22N2O. The molecule has 0 aliphatic heterocycles. The van der Waals surface area contributed by atoms with Crippen LogP contribution in [0.3, 0.4) is 0 Å². The lowest BCUT2D eigenvalue weighted by molar-refractivity contribution is 0.0524. The molecule has 86 valence electrons. The molecule has 15 heavy (non-hydrogen) atoms. The van der Waals surface area contributed by atoms with E-state index < -0.39 is 0 Å². The van der Waals surface area contributed by atoms with E-state index in [4.69, 9.17) is 10.00 Å². The summed E-state index contributed by atoms with van der Waals surface area (Å²) in [6.07, 6.45) is 6.67. The van der Waals surface area contributed by atoms with E-state index in [9.17, 15) is 0 Å². The van der Waals surface area contributed by atoms with Crippen LogP contribution in [-0.2, 0) is 4.74 Å². The van der Waals surface area contributed by atoms with Gasteiger partial charge in [-0.05, 0) is 26.3 Å². The SMILES string of the molecule is CCCCCOC1CCC(C#N)(NC)C1. The molecule has 0 spiro atoms. The Bertz CT molecular complexity index is 224. The van der Waals surface area contributed by atoms with Gasteiger partial charge in [-0.3, -0.25) is 0 Å². The summed E-state index contributed by atoms with van der Waals surface area (Å²) in [5.74, 6) is 0. The van der Waals surface area contributed by atoms with E-state index in [0.29, 0.717) is 0 Å². The number of nitrogens with one attached hydrogen (secondary N) is 1. The molecule has 0 aromatic rings. The van der Waals surface area contributed by atoms with E-state index in [0.717, 1.165) is 32.3 Å². The van der Waals surface area contributed by atoms with Gasteiger partial charge in [0.2, 0.25) is 0 Å². The molecule has 1 fully saturated rings. The third-order valence-electron chi connectivity index (χ3n) is 3.26. The molecule has 0 heterocycles. The average Bonchev–Trinajstić information content (AvgIpc) is 2.69. The summed E-state index contributed by atoms with van der Waals surface area (Å²) < 4.78 is 5.77. The second-order valence-electron chi connectivity index (χ2n) is 4.39. The Morgan fingerprint density at radius 2 is 2.33 bits per heavy atom. The molecule has 1 aliphatic rings. The van der Waals surface area contributed by atoms with Crippen molar-refractivity contribution in [2.75, 3.05) is 13.7 Å². The third-order valence-corrected chi connectivity index (χ3v) is 3.26. The summed E-state index contributed by atoms with van der Waals surface area (Å²) in [7, 11) is 1.86. The molecule has 2 atom stereocenters. The van der Waals surface area contributed by atoms with Crippen molar-refractivity contribution >= 4 is 0 Å². The summed E-state index contributed by atoms with van der Waals surface area (Å²) >= 11 is 0. The first kappa shape index (κ1) is 12.5. The van der Waals surface area contributed by atoms with Gasteiger partial charge >= 0.3 is 0 Å². The van der Waals surface area contributed by atoms with Crippen LogP contribution in [0.25, 0.3) is 0 Å². The van der Waals surface area contributed by atoms with E-state index in [1.165, 1.54) is 12.8 Å². The van der Waals surface area contributed by atoms with Crippen molar-refractivity contribution in [3.8, 4) is 6.07 Å². The van der Waals surface area contributed by atoms with Gasteiger partial charge in [-0.2, -0.15) is 5.26 Å². The van der Waals surface area contributed by atoms with E-state index in [1.807, 2.05) is 7.05 Å². The number of ether oxygens (including phenoxy) is 1. The molecule has 1 rings (SSSR count). The van der Waals surface area contributed by atoms with Gasteiger partial charge in [0.05, 0.1) is 12.2 Å². The van der Waals surface area contributed by atoms with Gasteiger partial charge in [-0.15, -0.1) is 0 Å². The number of unbranched alkanes of at least 4 members (excludes halogenated alkanes) is 2. The van der Waals surface area contributed by atoms with Crippen LogP contribution in [0, 0.1) is 11.3 Å². The van der Waals surface area contributed by atoms with Crippen molar-refractivity contribution in [1.29, 1.82) is 5.26 Å². The highest BCUT2D eigenvalue weighted by Crippen LogP contribution is 2.31. The fraction of sp³-hybridized carbons (Fsp3) is 0.917. The van der Waals surface area contributed by atoms with Gasteiger partial charge in [0.15, 0.2) is 0 Å². The number of nitrogens with zero attached hydrogens (tertiary/aromatic N) is 1. The summed E-state index contributed by atoms with van der Waals surface area (Å²) in [5.41, 5.74) is -0.324. The highest BCUT2D eigenvalue weighted by atomic mass is 16.5. The molecule has 1 aliphatic carbocycles. The Balaban J connectivity index is 2.22. The Hall–Kier alpha value is -0.590. The fourth-order valence-electron chi connectivity index (χ4n) is 2.13. The summed E-state index contributed by atoms with van der Waals surface area (Å²) in [6, 6.07) is 2.37. The second kappa shape index (κ2) is 6.09. The van der Waals surface area contributed by atoms with Gasteiger partial charge in [0.1, 0.15) is 5.54 Å². The third kappa shape index (κ3) is 3.48. The minimum atomic E-state index is -0.324. The minimum Gasteiger partial charge on any atom is -0.378 e. The molecule has 0 bridgehead atoms. The lowest BCUT2D eigenvalue weighted by Gasteiger charge is -2.19. The Kier molecular flexibility index (Phi) is 5.07. The lowest BCUT2D eigenvalue weighted by Crippen LogP contribution is -2.39. The molecule has 3 nitrogen and oxygen atoms in total. The van der Waals surface area contributed by atoms with Crippen LogP contribution in [0.15, 0.2) is 0 Å². The maximum absolute atomic E-state index is 9.08. The van der Waals surface area contributed by atoms with Crippen molar-refractivity contribution < 1.29 is 4.74 Å². The van der Waals surface area contributed by atoms with Crippen molar-refractivity contribution in [2.45, 2.75) is 57.1 Å². The maximum Gasteiger partial charge on any atom is 0.109 e. The van der Waals surface area contributed by atoms with Crippen LogP contribution >= 0.6 is 0 Å². The second-order valence-corrected chi connectivity index (χ2v) is 4.39. The molecule has 1 N–H and O–H groups in total. The molecule has 1 saturated carbocycles. The fourth-order valence-corrected chi connectivity index (χ4v) is 2.13. The summed E-state index contributed by atoms with van der Waals surface area (Å²) in [5, 5.41) is 12.2. The number of rotatable bonds is 6. The summed E-state index contributed by atoms with van der Waals surface area (Å²) in [6.45, 7) is 3.04. The molecule has 0 amide bonds. The topological polar surface area (TPSA) is 45.0 Å². The van der Waals surface area contributed by atoms with Gasteiger partial charge in [0, 0.05) is 13.0 Å². The minimum absolute atomic E-state index is 0.286. The Morgan fingerprint density at radius 3 is 2.87 bits per heavy atom. The molecule has 3 heteroatoms. The van der Waals surface area contributed by atoms with Crippen LogP contribution < -0.4 is 5.32 Å². The number of nitriles is 1. The largest absolute Gasteiger partial charge is 0.378 e. The summed E-state index contributed by atoms with van der Waals surface area (Å²) in [4.78, 5) is 0. The van der Waals surface area contributed by atoms with Crippen LogP contribution in [-0.4, -0.2) is 25.3 Å². The first-order chi connectivity index (χ1) is 7.26. The Morgan fingerprint density at radius 1 is 1.53 bits per heavy atom.